The summed E-state index contributed by atoms with van der Waals surface area (Å²) in [5.41, 5.74) is 6.33. The quantitative estimate of drug-likeness (QED) is 0.767. The molecule has 2 nitrogen and oxygen atoms in total. The molecular weight excluding hydrogens is 215 g/mol. The van der Waals surface area contributed by atoms with E-state index in [2.05, 4.69) is 11.2 Å². The van der Waals surface area contributed by atoms with Gasteiger partial charge >= 0.3 is 0 Å². The van der Waals surface area contributed by atoms with Crippen LogP contribution in [0, 0.1) is 18.2 Å². The molecule has 1 aromatic rings. The number of nitrogens with one attached hydrogen (secondary N) is 1. The number of hydrogen-bond donors (Lipinski definition) is 2. The van der Waals surface area contributed by atoms with Crippen molar-refractivity contribution in [3.8, 4) is 12.3 Å². The van der Waals surface area contributed by atoms with E-state index >= 15 is 0 Å². The largest absolute Gasteiger partial charge is 0.329 e. The highest BCUT2D eigenvalue weighted by atomic mass is 35.5. The average Bonchev–Trinajstić information content (AvgIpc) is 2.21. The Morgan fingerprint density at radius 1 is 1.60 bits per heavy atom. The van der Waals surface area contributed by atoms with Crippen LogP contribution in [0.25, 0.3) is 0 Å². The zero-order chi connectivity index (χ0) is 11.3. The average molecular weight is 227 g/mol. The van der Waals surface area contributed by atoms with Crippen molar-refractivity contribution in [1.29, 1.82) is 0 Å². The molecule has 0 aromatic heterocycles. The zero-order valence-electron chi connectivity index (χ0n) is 8.13. The lowest BCUT2D eigenvalue weighted by molar-refractivity contribution is 0.577. The third kappa shape index (κ3) is 3.21. The van der Waals surface area contributed by atoms with Crippen molar-refractivity contribution < 1.29 is 4.39 Å². The van der Waals surface area contributed by atoms with Gasteiger partial charge in [0.15, 0.2) is 0 Å². The molecule has 0 saturated heterocycles. The first-order valence-electron chi connectivity index (χ1n) is 4.51. The van der Waals surface area contributed by atoms with Crippen LogP contribution in [0.2, 0.25) is 5.02 Å². The lowest BCUT2D eigenvalue weighted by Gasteiger charge is -2.16. The number of nitrogens with two attached hydrogens (primary N) is 1. The fraction of sp³-hybridized carbons (Fsp3) is 0.273. The van der Waals surface area contributed by atoms with Gasteiger partial charge in [0.1, 0.15) is 5.82 Å². The molecule has 80 valence electrons. The van der Waals surface area contributed by atoms with Crippen molar-refractivity contribution in [2.75, 3.05) is 13.1 Å². The summed E-state index contributed by atoms with van der Waals surface area (Å²) in [6.45, 7) is 0.753. The molecule has 1 rings (SSSR count). The first-order valence-corrected chi connectivity index (χ1v) is 4.88. The maximum atomic E-state index is 12.8. The maximum Gasteiger partial charge on any atom is 0.124 e. The monoisotopic (exact) mass is 226 g/mol. The second-order valence-corrected chi connectivity index (χ2v) is 3.45. The van der Waals surface area contributed by atoms with Gasteiger partial charge in [-0.3, -0.25) is 5.32 Å². The van der Waals surface area contributed by atoms with E-state index in [4.69, 9.17) is 23.8 Å². The van der Waals surface area contributed by atoms with Gasteiger partial charge in [-0.1, -0.05) is 23.6 Å². The van der Waals surface area contributed by atoms with Gasteiger partial charge < -0.3 is 5.73 Å². The molecule has 1 atom stereocenters. The molecule has 0 aliphatic carbocycles. The minimum atomic E-state index is -0.364. The van der Waals surface area contributed by atoms with Gasteiger partial charge in [-0.05, 0) is 17.7 Å². The van der Waals surface area contributed by atoms with Crippen molar-refractivity contribution >= 4 is 11.6 Å². The fourth-order valence-electron chi connectivity index (χ4n) is 1.29. The highest BCUT2D eigenvalue weighted by Crippen LogP contribution is 2.23. The molecule has 0 bridgehead atoms. The van der Waals surface area contributed by atoms with Crippen LogP contribution in [0.5, 0.6) is 0 Å². The highest BCUT2D eigenvalue weighted by molar-refractivity contribution is 6.31. The van der Waals surface area contributed by atoms with Gasteiger partial charge in [0.05, 0.1) is 6.54 Å². The summed E-state index contributed by atoms with van der Waals surface area (Å²) in [5.74, 6) is 2.08. The third-order valence-corrected chi connectivity index (χ3v) is 2.35. The Morgan fingerprint density at radius 2 is 2.33 bits per heavy atom. The summed E-state index contributed by atoms with van der Waals surface area (Å²) >= 11 is 5.89. The van der Waals surface area contributed by atoms with Crippen molar-refractivity contribution in [1.82, 2.24) is 5.32 Å². The van der Waals surface area contributed by atoms with Crippen LogP contribution in [-0.4, -0.2) is 13.1 Å². The molecule has 0 fully saturated rings. The molecule has 15 heavy (non-hydrogen) atoms. The third-order valence-electron chi connectivity index (χ3n) is 2.02. The van der Waals surface area contributed by atoms with Crippen molar-refractivity contribution in [2.45, 2.75) is 6.04 Å². The molecule has 1 unspecified atom stereocenters. The molecule has 1 aromatic carbocycles. The summed E-state index contributed by atoms with van der Waals surface area (Å²) in [6, 6.07) is 4.08. The van der Waals surface area contributed by atoms with Crippen molar-refractivity contribution in [2.24, 2.45) is 5.73 Å². The second kappa shape index (κ2) is 5.72. The van der Waals surface area contributed by atoms with E-state index in [0.717, 1.165) is 5.56 Å². The maximum absolute atomic E-state index is 12.8. The van der Waals surface area contributed by atoms with Gasteiger partial charge in [0, 0.05) is 17.6 Å². The Balaban J connectivity index is 2.87. The molecule has 0 heterocycles. The molecule has 0 aliphatic rings. The lowest BCUT2D eigenvalue weighted by atomic mass is 10.1. The van der Waals surface area contributed by atoms with E-state index in [1.165, 1.54) is 12.1 Å². The minimum Gasteiger partial charge on any atom is -0.329 e. The Labute approximate surface area is 93.6 Å². The Bertz CT molecular complexity index is 373. The van der Waals surface area contributed by atoms with Gasteiger partial charge in [0.2, 0.25) is 0 Å². The molecule has 0 radical (unpaired) electrons. The fourth-order valence-corrected chi connectivity index (χ4v) is 1.59. The minimum absolute atomic E-state index is 0.144. The Kier molecular flexibility index (Phi) is 4.57. The molecule has 0 aliphatic heterocycles. The van der Waals surface area contributed by atoms with Crippen LogP contribution >= 0.6 is 11.6 Å². The number of benzene rings is 1. The first kappa shape index (κ1) is 12.0. The summed E-state index contributed by atoms with van der Waals surface area (Å²) in [6.07, 6.45) is 5.13. The Morgan fingerprint density at radius 3 is 2.87 bits per heavy atom. The SMILES string of the molecule is C#CCNC(CN)c1ccc(F)cc1Cl. The van der Waals surface area contributed by atoms with E-state index in [1.54, 1.807) is 6.07 Å². The van der Waals surface area contributed by atoms with Crippen LogP contribution in [0.1, 0.15) is 11.6 Å². The van der Waals surface area contributed by atoms with Crippen LogP contribution in [-0.2, 0) is 0 Å². The highest BCUT2D eigenvalue weighted by Gasteiger charge is 2.12. The zero-order valence-corrected chi connectivity index (χ0v) is 8.89. The smallest absolute Gasteiger partial charge is 0.124 e. The molecular formula is C11H12ClFN2. The second-order valence-electron chi connectivity index (χ2n) is 3.04. The number of halogens is 2. The van der Waals surface area contributed by atoms with Gasteiger partial charge in [0.25, 0.3) is 0 Å². The van der Waals surface area contributed by atoms with Crippen LogP contribution in [0.4, 0.5) is 4.39 Å². The first-order chi connectivity index (χ1) is 7.19. The van der Waals surface area contributed by atoms with E-state index < -0.39 is 0 Å². The van der Waals surface area contributed by atoms with Crippen molar-refractivity contribution in [3.63, 3.8) is 0 Å². The predicted molar refractivity (Wildman–Crippen MR) is 60.0 cm³/mol. The van der Waals surface area contributed by atoms with E-state index in [9.17, 15) is 4.39 Å². The number of terminal acetylenes is 1. The van der Waals surface area contributed by atoms with Gasteiger partial charge in [-0.2, -0.15) is 0 Å². The van der Waals surface area contributed by atoms with E-state index in [1.807, 2.05) is 0 Å². The molecule has 0 spiro atoms. The molecule has 0 saturated carbocycles. The standard InChI is InChI=1S/C11H12ClFN2/c1-2-5-15-11(7-14)9-4-3-8(13)6-10(9)12/h1,3-4,6,11,15H,5,7,14H2. The van der Waals surface area contributed by atoms with Crippen LogP contribution in [0.15, 0.2) is 18.2 Å². The Hall–Kier alpha value is -1.08. The van der Waals surface area contributed by atoms with E-state index in [-0.39, 0.29) is 11.9 Å². The normalized spacial score (nSPS) is 12.1. The summed E-state index contributed by atoms with van der Waals surface area (Å²) in [4.78, 5) is 0. The summed E-state index contributed by atoms with van der Waals surface area (Å²) in [7, 11) is 0. The summed E-state index contributed by atoms with van der Waals surface area (Å²) in [5, 5.41) is 3.38. The van der Waals surface area contributed by atoms with Crippen LogP contribution < -0.4 is 11.1 Å². The number of hydrogen-bond acceptors (Lipinski definition) is 2. The number of rotatable bonds is 4. The van der Waals surface area contributed by atoms with Gasteiger partial charge in [-0.25, -0.2) is 4.39 Å². The van der Waals surface area contributed by atoms with Gasteiger partial charge in [-0.15, -0.1) is 6.42 Å². The summed E-state index contributed by atoms with van der Waals surface area (Å²) < 4.78 is 12.8. The molecule has 3 N–H and O–H groups in total. The van der Waals surface area contributed by atoms with Crippen LogP contribution in [0.3, 0.4) is 0 Å². The lowest BCUT2D eigenvalue weighted by Crippen LogP contribution is -2.28. The molecule has 0 amide bonds. The topological polar surface area (TPSA) is 38.0 Å². The van der Waals surface area contributed by atoms with Crippen molar-refractivity contribution in [3.05, 3.63) is 34.6 Å². The van der Waals surface area contributed by atoms with E-state index in [0.29, 0.717) is 18.1 Å². The predicted octanol–water partition coefficient (Wildman–Crippen LogP) is 1.70. The molecule has 4 heteroatoms.